The summed E-state index contributed by atoms with van der Waals surface area (Å²) >= 11 is 0. The molecule has 0 aliphatic carbocycles. The summed E-state index contributed by atoms with van der Waals surface area (Å²) in [5.41, 5.74) is 6.89. The molecule has 0 spiro atoms. The van der Waals surface area contributed by atoms with Crippen LogP contribution in [0.1, 0.15) is 76.0 Å². The van der Waals surface area contributed by atoms with Gasteiger partial charge in [0.05, 0.1) is 44.3 Å². The highest BCUT2D eigenvalue weighted by molar-refractivity contribution is 5.87. The maximum Gasteiger partial charge on any atom is 0.407 e. The second-order valence-electron chi connectivity index (χ2n) is 14.0. The Kier molecular flexibility index (Phi) is 12.6. The van der Waals surface area contributed by atoms with Crippen LogP contribution in [0.15, 0.2) is 66.9 Å². The number of ether oxygens (including phenoxy) is 3. The van der Waals surface area contributed by atoms with Crippen molar-refractivity contribution in [3.8, 4) is 33.6 Å². The lowest BCUT2D eigenvalue weighted by molar-refractivity contribution is -0.140. The summed E-state index contributed by atoms with van der Waals surface area (Å²) in [5, 5.41) is 5.30. The molecule has 5 atom stereocenters. The number of nitrogens with one attached hydrogen (secondary N) is 4. The fraction of sp³-hybridized carbons (Fsp3) is 0.439. The molecule has 4 heterocycles. The minimum atomic E-state index is -0.871. The van der Waals surface area contributed by atoms with E-state index in [0.29, 0.717) is 19.5 Å². The summed E-state index contributed by atoms with van der Waals surface area (Å²) in [7, 11) is 4.07. The zero-order valence-electron chi connectivity index (χ0n) is 32.1. The first-order chi connectivity index (χ1) is 26.6. The number of rotatable bonds is 12. The SMILES string of the molecule is CC[C@H](NC(=O)OC)C(=O)N1CCC[C@H]1c1ncc(-c2ccc(-c3ccc(-c4ccc([C@@H]5CCCCN5C(=O)[C@@H](NC(=O)OC)[C@@H](C)OC)[nH]4)cc3)cc2)[nH]1. The Morgan fingerprint density at radius 3 is 1.95 bits per heavy atom. The Bertz CT molecular complexity index is 1940. The molecule has 2 aromatic carbocycles. The number of nitrogens with zero attached hydrogens (tertiary/aromatic N) is 3. The van der Waals surface area contributed by atoms with Gasteiger partial charge in [-0.3, -0.25) is 9.59 Å². The van der Waals surface area contributed by atoms with E-state index in [2.05, 4.69) is 74.1 Å². The first-order valence-corrected chi connectivity index (χ1v) is 18.9. The van der Waals surface area contributed by atoms with Gasteiger partial charge in [0.1, 0.15) is 17.9 Å². The number of piperidine rings is 1. The Morgan fingerprint density at radius 2 is 1.31 bits per heavy atom. The number of benzene rings is 2. The summed E-state index contributed by atoms with van der Waals surface area (Å²) in [4.78, 5) is 66.2. The average molecular weight is 754 g/mol. The van der Waals surface area contributed by atoms with Crippen LogP contribution >= 0.6 is 0 Å². The van der Waals surface area contributed by atoms with Gasteiger partial charge in [0, 0.05) is 31.6 Å². The zero-order chi connectivity index (χ0) is 39.1. The second kappa shape index (κ2) is 17.7. The van der Waals surface area contributed by atoms with Gasteiger partial charge in [0.2, 0.25) is 11.8 Å². The molecule has 55 heavy (non-hydrogen) atoms. The van der Waals surface area contributed by atoms with Crippen molar-refractivity contribution in [2.45, 2.75) is 82.6 Å². The number of likely N-dealkylation sites (tertiary alicyclic amines) is 2. The number of H-pyrrole nitrogens is 2. The fourth-order valence-corrected chi connectivity index (χ4v) is 7.57. The van der Waals surface area contributed by atoms with Gasteiger partial charge in [-0.1, -0.05) is 55.5 Å². The maximum absolute atomic E-state index is 13.8. The number of aromatic nitrogens is 3. The molecule has 6 rings (SSSR count). The molecular weight excluding hydrogens is 702 g/mol. The van der Waals surface area contributed by atoms with Gasteiger partial charge in [-0.2, -0.15) is 0 Å². The minimum Gasteiger partial charge on any atom is -0.453 e. The summed E-state index contributed by atoms with van der Waals surface area (Å²) in [6, 6.07) is 18.8. The molecule has 2 aromatic heterocycles. The minimum absolute atomic E-state index is 0.138. The molecule has 2 aliphatic heterocycles. The van der Waals surface area contributed by atoms with Gasteiger partial charge in [-0.05, 0) is 79.8 Å². The highest BCUT2D eigenvalue weighted by Gasteiger charge is 2.38. The van der Waals surface area contributed by atoms with Crippen LogP contribution in [0.25, 0.3) is 33.6 Å². The van der Waals surface area contributed by atoms with E-state index in [0.717, 1.165) is 77.3 Å². The number of alkyl carbamates (subject to hydrolysis) is 2. The molecule has 4 aromatic rings. The van der Waals surface area contributed by atoms with E-state index >= 15 is 0 Å². The van der Waals surface area contributed by atoms with Crippen LogP contribution in [-0.4, -0.2) is 101 Å². The van der Waals surface area contributed by atoms with Gasteiger partial charge in [0.15, 0.2) is 0 Å². The van der Waals surface area contributed by atoms with Crippen molar-refractivity contribution in [3.63, 3.8) is 0 Å². The number of aromatic amines is 2. The third-order valence-electron chi connectivity index (χ3n) is 10.8. The molecule has 14 nitrogen and oxygen atoms in total. The quantitative estimate of drug-likeness (QED) is 0.130. The van der Waals surface area contributed by atoms with Crippen LogP contribution in [0.4, 0.5) is 9.59 Å². The van der Waals surface area contributed by atoms with E-state index in [1.54, 1.807) is 18.0 Å². The van der Waals surface area contributed by atoms with E-state index in [1.165, 1.54) is 21.3 Å². The Hall–Kier alpha value is -5.63. The predicted molar refractivity (Wildman–Crippen MR) is 207 cm³/mol. The highest BCUT2D eigenvalue weighted by Crippen LogP contribution is 2.35. The van der Waals surface area contributed by atoms with Crippen molar-refractivity contribution in [1.82, 2.24) is 35.4 Å². The first-order valence-electron chi connectivity index (χ1n) is 18.9. The van der Waals surface area contributed by atoms with Gasteiger partial charge in [-0.25, -0.2) is 14.6 Å². The van der Waals surface area contributed by atoms with E-state index in [-0.39, 0.29) is 23.9 Å². The van der Waals surface area contributed by atoms with E-state index in [4.69, 9.17) is 14.2 Å². The Morgan fingerprint density at radius 1 is 0.727 bits per heavy atom. The molecule has 2 fully saturated rings. The Balaban J connectivity index is 1.11. The monoisotopic (exact) mass is 753 g/mol. The number of hydrogen-bond acceptors (Lipinski definition) is 8. The second-order valence-corrected chi connectivity index (χ2v) is 14.0. The third kappa shape index (κ3) is 8.69. The van der Waals surface area contributed by atoms with Crippen molar-refractivity contribution < 1.29 is 33.4 Å². The normalized spacial score (nSPS) is 18.6. The maximum atomic E-state index is 13.8. The zero-order valence-corrected chi connectivity index (χ0v) is 32.1. The van der Waals surface area contributed by atoms with E-state index in [9.17, 15) is 19.2 Å². The smallest absolute Gasteiger partial charge is 0.407 e. The molecule has 4 N–H and O–H groups in total. The largest absolute Gasteiger partial charge is 0.453 e. The van der Waals surface area contributed by atoms with Gasteiger partial charge in [-0.15, -0.1) is 0 Å². The third-order valence-corrected chi connectivity index (χ3v) is 10.8. The fourth-order valence-electron chi connectivity index (χ4n) is 7.57. The summed E-state index contributed by atoms with van der Waals surface area (Å²) in [6.07, 6.45) is 4.75. The van der Waals surface area contributed by atoms with Crippen LogP contribution in [0.2, 0.25) is 0 Å². The number of hydrogen-bond donors (Lipinski definition) is 4. The lowest BCUT2D eigenvalue weighted by atomic mass is 9.97. The standard InChI is InChI=1S/C41H51N7O7/c1-6-30(45-40(51)54-4)38(49)48-23-9-11-35(48)37-42-24-33(44-37)29-18-14-27(15-19-29)26-12-16-28(17-13-26)31-20-21-32(43-31)34-10-7-8-22-47(34)39(50)36(25(2)53-3)46-41(52)55-5/h12-21,24-25,30,34-36,43H,6-11,22-23H2,1-5H3,(H,42,44)(H,45,51)(H,46,52)/t25-,30+,34+,35+,36+/m1/s1. The van der Waals surface area contributed by atoms with Crippen molar-refractivity contribution in [2.75, 3.05) is 34.4 Å². The molecule has 0 unspecified atom stereocenters. The molecule has 0 saturated carbocycles. The van der Waals surface area contributed by atoms with Crippen molar-refractivity contribution in [2.24, 2.45) is 0 Å². The number of amides is 4. The topological polar surface area (TPSA) is 171 Å². The summed E-state index contributed by atoms with van der Waals surface area (Å²) in [5.74, 6) is 0.387. The molecule has 0 radical (unpaired) electrons. The van der Waals surface area contributed by atoms with Gasteiger partial charge in [0.25, 0.3) is 0 Å². The van der Waals surface area contributed by atoms with Crippen LogP contribution in [0.3, 0.4) is 0 Å². The summed E-state index contributed by atoms with van der Waals surface area (Å²) in [6.45, 7) is 4.80. The number of imidazole rings is 1. The number of methoxy groups -OCH3 is 3. The van der Waals surface area contributed by atoms with Crippen molar-refractivity contribution in [3.05, 3.63) is 78.4 Å². The Labute approximate surface area is 321 Å². The molecule has 14 heteroatoms. The highest BCUT2D eigenvalue weighted by atomic mass is 16.5. The average Bonchev–Trinajstić information content (AvgIpc) is 4.03. The van der Waals surface area contributed by atoms with Gasteiger partial charge < -0.3 is 44.6 Å². The predicted octanol–water partition coefficient (Wildman–Crippen LogP) is 6.35. The molecular formula is C41H51N7O7. The van der Waals surface area contributed by atoms with Crippen LogP contribution < -0.4 is 10.6 Å². The lowest BCUT2D eigenvalue weighted by Crippen LogP contribution is -2.55. The van der Waals surface area contributed by atoms with Crippen molar-refractivity contribution >= 4 is 24.0 Å². The van der Waals surface area contributed by atoms with Crippen LogP contribution in [-0.2, 0) is 23.8 Å². The molecule has 4 amide bonds. The molecule has 292 valence electrons. The molecule has 2 aliphatic rings. The number of carbonyl (C=O) groups excluding carboxylic acids is 4. The lowest BCUT2D eigenvalue weighted by Gasteiger charge is -2.38. The van der Waals surface area contributed by atoms with Crippen LogP contribution in [0.5, 0.6) is 0 Å². The van der Waals surface area contributed by atoms with Crippen molar-refractivity contribution in [1.29, 1.82) is 0 Å². The van der Waals surface area contributed by atoms with Gasteiger partial charge >= 0.3 is 12.2 Å². The molecule has 2 saturated heterocycles. The van der Waals surface area contributed by atoms with Crippen LogP contribution in [0, 0.1) is 0 Å². The first kappa shape index (κ1) is 39.1. The molecule has 0 bridgehead atoms. The summed E-state index contributed by atoms with van der Waals surface area (Å²) < 4.78 is 14.9. The number of carbonyl (C=O) groups is 4. The van der Waals surface area contributed by atoms with E-state index in [1.807, 2.05) is 24.0 Å². The van der Waals surface area contributed by atoms with E-state index < -0.39 is 30.4 Å².